The Morgan fingerprint density at radius 3 is 2.52 bits per heavy atom. The SMILES string of the molecule is CCOc1cc(-c2noc(-c3ccc(C)cc3)n2)ccc1OCC(=O)Nc1ccccc1F. The maximum Gasteiger partial charge on any atom is 0.262 e. The normalized spacial score (nSPS) is 10.6. The van der Waals surface area contributed by atoms with Crippen molar-refractivity contribution in [3.8, 4) is 34.3 Å². The molecule has 1 heterocycles. The first-order valence-corrected chi connectivity index (χ1v) is 10.4. The summed E-state index contributed by atoms with van der Waals surface area (Å²) in [6, 6.07) is 18.8. The number of benzene rings is 3. The van der Waals surface area contributed by atoms with Crippen LogP contribution in [0.1, 0.15) is 12.5 Å². The van der Waals surface area contributed by atoms with E-state index in [1.165, 1.54) is 12.1 Å². The van der Waals surface area contributed by atoms with Gasteiger partial charge in [0.05, 0.1) is 12.3 Å². The monoisotopic (exact) mass is 447 g/mol. The lowest BCUT2D eigenvalue weighted by Crippen LogP contribution is -2.21. The molecule has 0 atom stereocenters. The molecule has 8 heteroatoms. The van der Waals surface area contributed by atoms with Gasteiger partial charge in [-0.25, -0.2) is 4.39 Å². The topological polar surface area (TPSA) is 86.5 Å². The highest BCUT2D eigenvalue weighted by Crippen LogP contribution is 2.33. The summed E-state index contributed by atoms with van der Waals surface area (Å²) >= 11 is 0. The average Bonchev–Trinajstić information content (AvgIpc) is 3.31. The van der Waals surface area contributed by atoms with E-state index in [0.717, 1.165) is 11.1 Å². The molecule has 0 fully saturated rings. The maximum absolute atomic E-state index is 13.7. The van der Waals surface area contributed by atoms with Crippen molar-refractivity contribution in [3.05, 3.63) is 78.1 Å². The van der Waals surface area contributed by atoms with Crippen LogP contribution in [0.25, 0.3) is 22.8 Å². The van der Waals surface area contributed by atoms with Crippen molar-refractivity contribution in [1.29, 1.82) is 0 Å². The molecule has 0 aliphatic carbocycles. The molecule has 0 bridgehead atoms. The molecule has 1 aromatic heterocycles. The van der Waals surface area contributed by atoms with Crippen molar-refractivity contribution >= 4 is 11.6 Å². The number of nitrogens with zero attached hydrogens (tertiary/aromatic N) is 2. The van der Waals surface area contributed by atoms with E-state index >= 15 is 0 Å². The van der Waals surface area contributed by atoms with Crippen LogP contribution in [0.4, 0.5) is 10.1 Å². The standard InChI is InChI=1S/C25H22FN3O4/c1-3-31-22-14-18(24-28-25(33-29-24)17-10-8-16(2)9-11-17)12-13-21(22)32-15-23(30)27-20-7-5-4-6-19(20)26/h4-14H,3,15H2,1-2H3,(H,27,30). The summed E-state index contributed by atoms with van der Waals surface area (Å²) in [5, 5.41) is 6.54. The van der Waals surface area contributed by atoms with Gasteiger partial charge in [-0.1, -0.05) is 35.0 Å². The van der Waals surface area contributed by atoms with Crippen LogP contribution in [0, 0.1) is 12.7 Å². The van der Waals surface area contributed by atoms with Crippen molar-refractivity contribution in [1.82, 2.24) is 10.1 Å². The molecule has 0 spiro atoms. The maximum atomic E-state index is 13.7. The number of amides is 1. The lowest BCUT2D eigenvalue weighted by molar-refractivity contribution is -0.118. The minimum atomic E-state index is -0.518. The molecule has 1 N–H and O–H groups in total. The summed E-state index contributed by atoms with van der Waals surface area (Å²) in [6.45, 7) is 3.92. The Bertz CT molecular complexity index is 1250. The predicted molar refractivity (Wildman–Crippen MR) is 122 cm³/mol. The van der Waals surface area contributed by atoms with Crippen LogP contribution in [0.15, 0.2) is 71.3 Å². The second kappa shape index (κ2) is 9.95. The zero-order valence-electron chi connectivity index (χ0n) is 18.2. The third kappa shape index (κ3) is 5.35. The fraction of sp³-hybridized carbons (Fsp3) is 0.160. The Labute approximate surface area is 190 Å². The summed E-state index contributed by atoms with van der Waals surface area (Å²) in [5.41, 5.74) is 2.72. The molecule has 4 aromatic rings. The van der Waals surface area contributed by atoms with Gasteiger partial charge < -0.3 is 19.3 Å². The fourth-order valence-electron chi connectivity index (χ4n) is 3.08. The van der Waals surface area contributed by atoms with Crippen LogP contribution >= 0.6 is 0 Å². The highest BCUT2D eigenvalue weighted by Gasteiger charge is 2.15. The van der Waals surface area contributed by atoms with Crippen LogP contribution in [-0.2, 0) is 4.79 Å². The summed E-state index contributed by atoms with van der Waals surface area (Å²) in [7, 11) is 0. The Balaban J connectivity index is 1.48. The zero-order valence-corrected chi connectivity index (χ0v) is 18.2. The molecule has 33 heavy (non-hydrogen) atoms. The van der Waals surface area contributed by atoms with Crippen molar-refractivity contribution in [3.63, 3.8) is 0 Å². The summed E-state index contributed by atoms with van der Waals surface area (Å²) in [5.74, 6) is 0.591. The number of ether oxygens (including phenoxy) is 2. The second-order valence-electron chi connectivity index (χ2n) is 7.20. The molecule has 168 valence electrons. The first-order chi connectivity index (χ1) is 16.0. The number of anilines is 1. The van der Waals surface area contributed by atoms with E-state index in [4.69, 9.17) is 14.0 Å². The molecule has 0 saturated heterocycles. The number of aromatic nitrogens is 2. The van der Waals surface area contributed by atoms with E-state index in [1.54, 1.807) is 30.3 Å². The van der Waals surface area contributed by atoms with Gasteiger partial charge in [-0.2, -0.15) is 4.98 Å². The van der Waals surface area contributed by atoms with Gasteiger partial charge in [-0.05, 0) is 56.3 Å². The van der Waals surface area contributed by atoms with E-state index in [9.17, 15) is 9.18 Å². The fourth-order valence-corrected chi connectivity index (χ4v) is 3.08. The largest absolute Gasteiger partial charge is 0.490 e. The van der Waals surface area contributed by atoms with Crippen LogP contribution in [0.3, 0.4) is 0 Å². The van der Waals surface area contributed by atoms with Gasteiger partial charge in [0.25, 0.3) is 11.8 Å². The Hall–Kier alpha value is -4.20. The van der Waals surface area contributed by atoms with Crippen molar-refractivity contribution in [2.45, 2.75) is 13.8 Å². The number of rotatable bonds is 8. The number of para-hydroxylation sites is 1. The molecule has 3 aromatic carbocycles. The first kappa shape index (κ1) is 22.0. The average molecular weight is 447 g/mol. The molecule has 0 radical (unpaired) electrons. The van der Waals surface area contributed by atoms with Gasteiger partial charge in [0.2, 0.25) is 5.82 Å². The predicted octanol–water partition coefficient (Wildman–Crippen LogP) is 5.27. The molecule has 0 aliphatic rings. The van der Waals surface area contributed by atoms with Gasteiger partial charge in [0, 0.05) is 11.1 Å². The number of hydrogen-bond acceptors (Lipinski definition) is 6. The highest BCUT2D eigenvalue weighted by atomic mass is 19.1. The number of halogens is 1. The Morgan fingerprint density at radius 2 is 1.76 bits per heavy atom. The van der Waals surface area contributed by atoms with Gasteiger partial charge >= 0.3 is 0 Å². The first-order valence-electron chi connectivity index (χ1n) is 10.4. The molecule has 0 saturated carbocycles. The van der Waals surface area contributed by atoms with E-state index in [0.29, 0.717) is 35.4 Å². The van der Waals surface area contributed by atoms with Gasteiger partial charge in [-0.3, -0.25) is 4.79 Å². The lowest BCUT2D eigenvalue weighted by Gasteiger charge is -2.13. The minimum absolute atomic E-state index is 0.0907. The van der Waals surface area contributed by atoms with Gasteiger partial charge in [0.15, 0.2) is 18.1 Å². The van der Waals surface area contributed by atoms with Gasteiger partial charge in [0.1, 0.15) is 5.82 Å². The zero-order chi connectivity index (χ0) is 23.2. The molecule has 4 rings (SSSR count). The number of aryl methyl sites for hydroxylation is 1. The summed E-state index contributed by atoms with van der Waals surface area (Å²) < 4.78 is 30.4. The quantitative estimate of drug-likeness (QED) is 0.396. The van der Waals surface area contributed by atoms with E-state index < -0.39 is 11.7 Å². The van der Waals surface area contributed by atoms with Crippen molar-refractivity contribution < 1.29 is 23.2 Å². The molecule has 0 aliphatic heterocycles. The number of hydrogen-bond donors (Lipinski definition) is 1. The molecule has 1 amide bonds. The molecular formula is C25H22FN3O4. The van der Waals surface area contributed by atoms with Crippen LogP contribution < -0.4 is 14.8 Å². The Morgan fingerprint density at radius 1 is 1.00 bits per heavy atom. The van der Waals surface area contributed by atoms with Gasteiger partial charge in [-0.15, -0.1) is 0 Å². The smallest absolute Gasteiger partial charge is 0.262 e. The number of nitrogens with one attached hydrogen (secondary N) is 1. The molecular weight excluding hydrogens is 425 g/mol. The number of carbonyl (C=O) groups is 1. The molecule has 7 nitrogen and oxygen atoms in total. The van der Waals surface area contributed by atoms with Crippen LogP contribution in [-0.4, -0.2) is 29.3 Å². The lowest BCUT2D eigenvalue weighted by atomic mass is 10.1. The third-order valence-electron chi connectivity index (χ3n) is 4.73. The highest BCUT2D eigenvalue weighted by molar-refractivity contribution is 5.92. The minimum Gasteiger partial charge on any atom is -0.490 e. The van der Waals surface area contributed by atoms with Crippen LogP contribution in [0.2, 0.25) is 0 Å². The van der Waals surface area contributed by atoms with E-state index in [1.807, 2.05) is 38.1 Å². The van der Waals surface area contributed by atoms with Crippen molar-refractivity contribution in [2.75, 3.05) is 18.5 Å². The van der Waals surface area contributed by atoms with E-state index in [2.05, 4.69) is 15.5 Å². The van der Waals surface area contributed by atoms with Crippen LogP contribution in [0.5, 0.6) is 11.5 Å². The third-order valence-corrected chi connectivity index (χ3v) is 4.73. The molecule has 0 unspecified atom stereocenters. The van der Waals surface area contributed by atoms with Crippen molar-refractivity contribution in [2.24, 2.45) is 0 Å². The summed E-state index contributed by atoms with van der Waals surface area (Å²) in [6.07, 6.45) is 0. The Kier molecular flexibility index (Phi) is 6.64. The second-order valence-corrected chi connectivity index (χ2v) is 7.20. The van der Waals surface area contributed by atoms with E-state index in [-0.39, 0.29) is 12.3 Å². The number of carbonyl (C=O) groups excluding carboxylic acids is 1. The summed E-state index contributed by atoms with van der Waals surface area (Å²) in [4.78, 5) is 16.6.